The first-order chi connectivity index (χ1) is 10.4. The SMILES string of the molecule is c1cnnc(NC[C@@H]2CN(C[C@@H]3CCCCO3)CCO2)c1. The lowest BCUT2D eigenvalue weighted by Gasteiger charge is -2.36. The van der Waals surface area contributed by atoms with Crippen LogP contribution in [0.15, 0.2) is 18.3 Å². The van der Waals surface area contributed by atoms with E-state index in [-0.39, 0.29) is 6.10 Å². The van der Waals surface area contributed by atoms with Crippen molar-refractivity contribution >= 4 is 5.82 Å². The summed E-state index contributed by atoms with van der Waals surface area (Å²) < 4.78 is 11.7. The molecular formula is C15H24N4O2. The maximum atomic E-state index is 5.83. The highest BCUT2D eigenvalue weighted by molar-refractivity contribution is 5.31. The summed E-state index contributed by atoms with van der Waals surface area (Å²) in [5.41, 5.74) is 0. The minimum atomic E-state index is 0.198. The molecule has 3 heterocycles. The molecule has 0 radical (unpaired) electrons. The Morgan fingerprint density at radius 3 is 3.00 bits per heavy atom. The zero-order chi connectivity index (χ0) is 14.3. The van der Waals surface area contributed by atoms with E-state index in [1.54, 1.807) is 6.20 Å². The van der Waals surface area contributed by atoms with Crippen molar-refractivity contribution in [3.8, 4) is 0 Å². The molecule has 0 unspecified atom stereocenters. The van der Waals surface area contributed by atoms with Gasteiger partial charge in [0.25, 0.3) is 0 Å². The van der Waals surface area contributed by atoms with E-state index in [9.17, 15) is 0 Å². The van der Waals surface area contributed by atoms with E-state index < -0.39 is 0 Å². The first-order valence-corrected chi connectivity index (χ1v) is 7.87. The summed E-state index contributed by atoms with van der Waals surface area (Å²) in [6.07, 6.45) is 5.99. The van der Waals surface area contributed by atoms with Crippen LogP contribution >= 0.6 is 0 Å². The van der Waals surface area contributed by atoms with Gasteiger partial charge in [-0.15, -0.1) is 5.10 Å². The molecule has 3 rings (SSSR count). The lowest BCUT2D eigenvalue weighted by Crippen LogP contribution is -2.48. The molecule has 2 atom stereocenters. The van der Waals surface area contributed by atoms with Crippen LogP contribution in [0.25, 0.3) is 0 Å². The highest BCUT2D eigenvalue weighted by Gasteiger charge is 2.24. The zero-order valence-corrected chi connectivity index (χ0v) is 12.4. The van der Waals surface area contributed by atoms with E-state index >= 15 is 0 Å². The lowest BCUT2D eigenvalue weighted by molar-refractivity contribution is -0.0555. The van der Waals surface area contributed by atoms with Crippen molar-refractivity contribution in [1.29, 1.82) is 0 Å². The summed E-state index contributed by atoms with van der Waals surface area (Å²) in [5.74, 6) is 0.800. The van der Waals surface area contributed by atoms with Crippen LogP contribution in [-0.2, 0) is 9.47 Å². The summed E-state index contributed by atoms with van der Waals surface area (Å²) in [4.78, 5) is 2.46. The van der Waals surface area contributed by atoms with Gasteiger partial charge in [-0.05, 0) is 31.4 Å². The van der Waals surface area contributed by atoms with Crippen LogP contribution in [0.1, 0.15) is 19.3 Å². The van der Waals surface area contributed by atoms with Crippen molar-refractivity contribution in [2.45, 2.75) is 31.5 Å². The third-order valence-corrected chi connectivity index (χ3v) is 4.04. The van der Waals surface area contributed by atoms with Gasteiger partial charge in [-0.2, -0.15) is 5.10 Å². The fourth-order valence-corrected chi connectivity index (χ4v) is 2.92. The molecule has 2 fully saturated rings. The third kappa shape index (κ3) is 4.62. The van der Waals surface area contributed by atoms with Crippen molar-refractivity contribution in [3.05, 3.63) is 18.3 Å². The molecule has 0 amide bonds. The Balaban J connectivity index is 1.42. The number of morpholine rings is 1. The molecule has 0 aromatic carbocycles. The smallest absolute Gasteiger partial charge is 0.148 e. The second-order valence-corrected chi connectivity index (χ2v) is 5.73. The highest BCUT2D eigenvalue weighted by atomic mass is 16.5. The molecule has 0 aliphatic carbocycles. The van der Waals surface area contributed by atoms with E-state index in [4.69, 9.17) is 9.47 Å². The van der Waals surface area contributed by atoms with E-state index in [2.05, 4.69) is 20.4 Å². The summed E-state index contributed by atoms with van der Waals surface area (Å²) in [7, 11) is 0. The largest absolute Gasteiger partial charge is 0.377 e. The van der Waals surface area contributed by atoms with Crippen LogP contribution in [0.2, 0.25) is 0 Å². The van der Waals surface area contributed by atoms with Gasteiger partial charge in [-0.1, -0.05) is 0 Å². The van der Waals surface area contributed by atoms with Gasteiger partial charge in [0.05, 0.1) is 18.8 Å². The molecule has 2 aliphatic heterocycles. The van der Waals surface area contributed by atoms with Gasteiger partial charge < -0.3 is 14.8 Å². The first-order valence-electron chi connectivity index (χ1n) is 7.87. The number of hydrogen-bond acceptors (Lipinski definition) is 6. The van der Waals surface area contributed by atoms with Gasteiger partial charge in [-0.25, -0.2) is 0 Å². The predicted octanol–water partition coefficient (Wildman–Crippen LogP) is 1.16. The summed E-state index contributed by atoms with van der Waals surface area (Å²) in [6.45, 7) is 5.46. The summed E-state index contributed by atoms with van der Waals surface area (Å²) in [5, 5.41) is 11.2. The van der Waals surface area contributed by atoms with Gasteiger partial charge in [0.15, 0.2) is 0 Å². The standard InChI is InChI=1S/C15H24N4O2/c1-2-8-20-13(4-1)11-19-7-9-21-14(12-19)10-16-15-5-3-6-17-18-15/h3,5-6,13-14H,1-2,4,7-12H2,(H,16,18)/t13-,14+/m0/s1. The normalized spacial score (nSPS) is 27.4. The minimum absolute atomic E-state index is 0.198. The van der Waals surface area contributed by atoms with Gasteiger partial charge in [0, 0.05) is 39.0 Å². The van der Waals surface area contributed by atoms with E-state index in [0.29, 0.717) is 6.10 Å². The Labute approximate surface area is 125 Å². The van der Waals surface area contributed by atoms with E-state index in [0.717, 1.165) is 45.2 Å². The van der Waals surface area contributed by atoms with Gasteiger partial charge in [0.1, 0.15) is 5.82 Å². The Morgan fingerprint density at radius 2 is 2.19 bits per heavy atom. The highest BCUT2D eigenvalue weighted by Crippen LogP contribution is 2.15. The number of ether oxygens (including phenoxy) is 2. The molecule has 0 spiro atoms. The molecule has 2 aliphatic rings. The maximum Gasteiger partial charge on any atom is 0.148 e. The Hall–Kier alpha value is -1.24. The number of nitrogens with zero attached hydrogens (tertiary/aromatic N) is 3. The molecule has 2 saturated heterocycles. The molecule has 0 saturated carbocycles. The van der Waals surface area contributed by atoms with Crippen molar-refractivity contribution in [3.63, 3.8) is 0 Å². The quantitative estimate of drug-likeness (QED) is 0.879. The van der Waals surface area contributed by atoms with Crippen molar-refractivity contribution in [1.82, 2.24) is 15.1 Å². The Bertz CT molecular complexity index is 411. The molecule has 21 heavy (non-hydrogen) atoms. The lowest BCUT2D eigenvalue weighted by atomic mass is 10.1. The zero-order valence-electron chi connectivity index (χ0n) is 12.4. The topological polar surface area (TPSA) is 59.5 Å². The fourth-order valence-electron chi connectivity index (χ4n) is 2.92. The molecule has 6 nitrogen and oxygen atoms in total. The van der Waals surface area contributed by atoms with Crippen molar-refractivity contribution in [2.24, 2.45) is 0 Å². The first kappa shape index (κ1) is 14.7. The number of rotatable bonds is 5. The van der Waals surface area contributed by atoms with E-state index in [1.807, 2.05) is 12.1 Å². The summed E-state index contributed by atoms with van der Waals surface area (Å²) in [6, 6.07) is 3.80. The second kappa shape index (κ2) is 7.68. The Kier molecular flexibility index (Phi) is 5.37. The Morgan fingerprint density at radius 1 is 1.24 bits per heavy atom. The molecule has 1 N–H and O–H groups in total. The number of aromatic nitrogens is 2. The number of hydrogen-bond donors (Lipinski definition) is 1. The maximum absolute atomic E-state index is 5.83. The van der Waals surface area contributed by atoms with Gasteiger partial charge in [-0.3, -0.25) is 4.90 Å². The van der Waals surface area contributed by atoms with Crippen LogP contribution in [0, 0.1) is 0 Å². The van der Waals surface area contributed by atoms with Gasteiger partial charge >= 0.3 is 0 Å². The van der Waals surface area contributed by atoms with Crippen molar-refractivity contribution < 1.29 is 9.47 Å². The van der Waals surface area contributed by atoms with Crippen LogP contribution in [0.3, 0.4) is 0 Å². The molecule has 116 valence electrons. The van der Waals surface area contributed by atoms with Gasteiger partial charge in [0.2, 0.25) is 0 Å². The molecule has 1 aromatic heterocycles. The monoisotopic (exact) mass is 292 g/mol. The molecule has 1 aromatic rings. The minimum Gasteiger partial charge on any atom is -0.377 e. The average Bonchev–Trinajstić information content (AvgIpc) is 2.55. The van der Waals surface area contributed by atoms with Crippen LogP contribution in [0.5, 0.6) is 0 Å². The molecule has 6 heteroatoms. The third-order valence-electron chi connectivity index (χ3n) is 4.04. The fraction of sp³-hybridized carbons (Fsp3) is 0.733. The predicted molar refractivity (Wildman–Crippen MR) is 80.3 cm³/mol. The second-order valence-electron chi connectivity index (χ2n) is 5.73. The number of anilines is 1. The van der Waals surface area contributed by atoms with Crippen LogP contribution < -0.4 is 5.32 Å². The van der Waals surface area contributed by atoms with Crippen LogP contribution in [0.4, 0.5) is 5.82 Å². The average molecular weight is 292 g/mol. The number of nitrogens with one attached hydrogen (secondary N) is 1. The van der Waals surface area contributed by atoms with E-state index in [1.165, 1.54) is 19.3 Å². The molecule has 0 bridgehead atoms. The molecular weight excluding hydrogens is 268 g/mol. The van der Waals surface area contributed by atoms with Crippen LogP contribution in [-0.4, -0.2) is 66.7 Å². The summed E-state index contributed by atoms with van der Waals surface area (Å²) >= 11 is 0. The van der Waals surface area contributed by atoms with Crippen molar-refractivity contribution in [2.75, 3.05) is 44.7 Å².